The first-order valence-corrected chi connectivity index (χ1v) is 12.0. The monoisotopic (exact) mass is 475 g/mol. The molecule has 0 atom stereocenters. The molecule has 9 heteroatoms. The van der Waals surface area contributed by atoms with Crippen molar-refractivity contribution in [3.05, 3.63) is 89.0 Å². The zero-order chi connectivity index (χ0) is 23.6. The molecule has 5 nitrogen and oxygen atoms in total. The molecular weight excluding hydrogens is 451 g/mol. The van der Waals surface area contributed by atoms with Crippen LogP contribution < -0.4 is 4.72 Å². The highest BCUT2D eigenvalue weighted by molar-refractivity contribution is 7.92. The maximum atomic E-state index is 13.3. The summed E-state index contributed by atoms with van der Waals surface area (Å²) in [5.74, 6) is -3.39. The van der Waals surface area contributed by atoms with E-state index in [9.17, 15) is 21.6 Å². The van der Waals surface area contributed by atoms with Crippen molar-refractivity contribution < 1.29 is 21.6 Å². The minimum Gasteiger partial charge on any atom is -0.298 e. The van der Waals surface area contributed by atoms with Gasteiger partial charge in [-0.05, 0) is 72.0 Å². The van der Waals surface area contributed by atoms with Crippen molar-refractivity contribution in [2.75, 3.05) is 17.8 Å². The number of fused-ring (bicyclic) bond motifs is 1. The topological polar surface area (TPSA) is 62.3 Å². The van der Waals surface area contributed by atoms with E-state index in [1.54, 1.807) is 18.2 Å². The van der Waals surface area contributed by atoms with Crippen LogP contribution in [-0.2, 0) is 35.3 Å². The van der Waals surface area contributed by atoms with Gasteiger partial charge in [-0.25, -0.2) is 12.8 Å². The Hall–Kier alpha value is -2.91. The fraction of sp³-hybridized carbons (Fsp3) is 0.292. The molecule has 0 fully saturated rings. The number of hydrogen-bond acceptors (Lipinski definition) is 4. The fourth-order valence-electron chi connectivity index (χ4n) is 3.80. The molecule has 0 saturated heterocycles. The lowest BCUT2D eigenvalue weighted by Gasteiger charge is -2.29. The van der Waals surface area contributed by atoms with Gasteiger partial charge >= 0.3 is 0 Å². The molecule has 0 spiro atoms. The molecule has 4 rings (SSSR count). The molecule has 1 N–H and O–H groups in total. The fourth-order valence-corrected chi connectivity index (χ4v) is 4.91. The lowest BCUT2D eigenvalue weighted by atomic mass is 9.99. The lowest BCUT2D eigenvalue weighted by molar-refractivity contribution is 0.0127. The number of aromatic nitrogens is 1. The van der Waals surface area contributed by atoms with Crippen molar-refractivity contribution in [3.63, 3.8) is 0 Å². The quantitative estimate of drug-likeness (QED) is 0.537. The smallest absolute Gasteiger partial charge is 0.286 e. The molecule has 1 aliphatic heterocycles. The average molecular weight is 476 g/mol. The summed E-state index contributed by atoms with van der Waals surface area (Å²) in [4.78, 5) is 6.28. The zero-order valence-electron chi connectivity index (χ0n) is 18.1. The Morgan fingerprint density at radius 3 is 2.48 bits per heavy atom. The number of nitrogens with zero attached hydrogens (tertiary/aromatic N) is 2. The second-order valence-electron chi connectivity index (χ2n) is 8.26. The standard InChI is InChI=1S/C24H24F3N3O2S/c1-24(26,27)23-9-2-17(15-28-23)10-12-30-13-11-18-14-22(8-3-19(18)16-30)33(31,32)29-21-6-4-20(25)5-7-21/h2-9,14-15,29H,10-13,16H2,1H3. The first-order valence-electron chi connectivity index (χ1n) is 10.6. The van der Waals surface area contributed by atoms with Crippen molar-refractivity contribution >= 4 is 15.7 Å². The van der Waals surface area contributed by atoms with Gasteiger partial charge in [0.1, 0.15) is 11.5 Å². The maximum Gasteiger partial charge on any atom is 0.286 e. The SMILES string of the molecule is CC(F)(F)c1ccc(CCN2CCc3cc(S(=O)(=O)Nc4ccc(F)cc4)ccc3C2)cn1. The molecule has 0 unspecified atom stereocenters. The Labute approximate surface area is 191 Å². The number of benzene rings is 2. The van der Waals surface area contributed by atoms with Crippen LogP contribution in [0.1, 0.15) is 29.3 Å². The van der Waals surface area contributed by atoms with Crippen molar-refractivity contribution in [1.29, 1.82) is 0 Å². The van der Waals surface area contributed by atoms with Crippen LogP contribution in [0.3, 0.4) is 0 Å². The molecule has 2 aromatic carbocycles. The zero-order valence-corrected chi connectivity index (χ0v) is 18.9. The minimum atomic E-state index is -3.78. The molecule has 0 bridgehead atoms. The Morgan fingerprint density at radius 2 is 1.82 bits per heavy atom. The second kappa shape index (κ2) is 9.15. The van der Waals surface area contributed by atoms with Crippen LogP contribution in [0.2, 0.25) is 0 Å². The van der Waals surface area contributed by atoms with Crippen molar-refractivity contribution in [1.82, 2.24) is 9.88 Å². The third kappa shape index (κ3) is 5.72. The van der Waals surface area contributed by atoms with Crippen molar-refractivity contribution in [2.45, 2.75) is 37.1 Å². The third-order valence-electron chi connectivity index (χ3n) is 5.67. The van der Waals surface area contributed by atoms with E-state index in [4.69, 9.17) is 0 Å². The molecule has 0 radical (unpaired) electrons. The molecular formula is C24H24F3N3O2S. The normalized spacial score (nSPS) is 14.7. The van der Waals surface area contributed by atoms with Gasteiger partial charge in [-0.15, -0.1) is 0 Å². The van der Waals surface area contributed by atoms with E-state index in [1.165, 1.54) is 36.5 Å². The summed E-state index contributed by atoms with van der Waals surface area (Å²) in [6.45, 7) is 3.02. The molecule has 2 heterocycles. The van der Waals surface area contributed by atoms with Crippen LogP contribution in [-0.4, -0.2) is 31.4 Å². The summed E-state index contributed by atoms with van der Waals surface area (Å²) < 4.78 is 67.6. The van der Waals surface area contributed by atoms with Gasteiger partial charge in [0.25, 0.3) is 15.9 Å². The summed E-state index contributed by atoms with van der Waals surface area (Å²) in [6.07, 6.45) is 2.89. The largest absolute Gasteiger partial charge is 0.298 e. The number of sulfonamides is 1. The summed E-state index contributed by atoms with van der Waals surface area (Å²) in [6, 6.07) is 13.3. The van der Waals surface area contributed by atoms with Crippen LogP contribution >= 0.6 is 0 Å². The number of nitrogens with one attached hydrogen (secondary N) is 1. The highest BCUT2D eigenvalue weighted by Crippen LogP contribution is 2.26. The van der Waals surface area contributed by atoms with Crippen LogP contribution in [0.4, 0.5) is 18.9 Å². The number of anilines is 1. The molecule has 174 valence electrons. The van der Waals surface area contributed by atoms with E-state index in [1.807, 2.05) is 6.07 Å². The Bertz CT molecular complexity index is 1230. The lowest BCUT2D eigenvalue weighted by Crippen LogP contribution is -2.32. The second-order valence-corrected chi connectivity index (χ2v) is 9.94. The van der Waals surface area contributed by atoms with Crippen molar-refractivity contribution in [3.8, 4) is 0 Å². The molecule has 0 amide bonds. The third-order valence-corrected chi connectivity index (χ3v) is 7.05. The van der Waals surface area contributed by atoms with Crippen LogP contribution in [0.5, 0.6) is 0 Å². The van der Waals surface area contributed by atoms with Gasteiger partial charge in [0.15, 0.2) is 0 Å². The predicted molar refractivity (Wildman–Crippen MR) is 120 cm³/mol. The summed E-state index contributed by atoms with van der Waals surface area (Å²) in [7, 11) is -3.78. The van der Waals surface area contributed by atoms with E-state index >= 15 is 0 Å². The highest BCUT2D eigenvalue weighted by atomic mass is 32.2. The summed E-state index contributed by atoms with van der Waals surface area (Å²) >= 11 is 0. The molecule has 1 aliphatic rings. The Morgan fingerprint density at radius 1 is 1.06 bits per heavy atom. The van der Waals surface area contributed by atoms with Crippen LogP contribution in [0.15, 0.2) is 65.7 Å². The molecule has 33 heavy (non-hydrogen) atoms. The van der Waals surface area contributed by atoms with Gasteiger partial charge in [0, 0.05) is 38.4 Å². The molecule has 3 aromatic rings. The molecule has 0 saturated carbocycles. The predicted octanol–water partition coefficient (Wildman–Crippen LogP) is 4.73. The summed E-state index contributed by atoms with van der Waals surface area (Å²) in [5, 5.41) is 0. The molecule has 0 aliphatic carbocycles. The maximum absolute atomic E-state index is 13.3. The van der Waals surface area contributed by atoms with Gasteiger partial charge in [0.05, 0.1) is 4.90 Å². The number of rotatable bonds is 7. The van der Waals surface area contributed by atoms with Gasteiger partial charge < -0.3 is 0 Å². The van der Waals surface area contributed by atoms with E-state index in [0.29, 0.717) is 25.1 Å². The number of hydrogen-bond donors (Lipinski definition) is 1. The first kappa shape index (κ1) is 23.3. The Balaban J connectivity index is 1.38. The van der Waals surface area contributed by atoms with Gasteiger partial charge in [0.2, 0.25) is 0 Å². The van der Waals surface area contributed by atoms with Gasteiger partial charge in [-0.3, -0.25) is 14.6 Å². The van der Waals surface area contributed by atoms with E-state index in [0.717, 1.165) is 36.7 Å². The first-order chi connectivity index (χ1) is 15.6. The van der Waals surface area contributed by atoms with E-state index in [-0.39, 0.29) is 10.6 Å². The highest BCUT2D eigenvalue weighted by Gasteiger charge is 2.26. The van der Waals surface area contributed by atoms with Gasteiger partial charge in [-0.1, -0.05) is 12.1 Å². The van der Waals surface area contributed by atoms with Gasteiger partial charge in [-0.2, -0.15) is 8.78 Å². The Kier molecular flexibility index (Phi) is 6.45. The van der Waals surface area contributed by atoms with E-state index in [2.05, 4.69) is 14.6 Å². The number of halogens is 3. The summed E-state index contributed by atoms with van der Waals surface area (Å²) in [5.41, 5.74) is 2.98. The van der Waals surface area contributed by atoms with Crippen LogP contribution in [0, 0.1) is 5.82 Å². The van der Waals surface area contributed by atoms with E-state index < -0.39 is 21.8 Å². The average Bonchev–Trinajstić information content (AvgIpc) is 2.78. The molecule has 1 aromatic heterocycles. The number of alkyl halides is 2. The number of pyridine rings is 1. The minimum absolute atomic E-state index is 0.165. The van der Waals surface area contributed by atoms with Crippen LogP contribution in [0.25, 0.3) is 0 Å². The van der Waals surface area contributed by atoms with Crippen molar-refractivity contribution in [2.24, 2.45) is 0 Å².